The Morgan fingerprint density at radius 1 is 1.23 bits per heavy atom. The van der Waals surface area contributed by atoms with E-state index >= 15 is 0 Å². The Bertz CT molecular complexity index is 1120. The number of piperidine rings is 1. The van der Waals surface area contributed by atoms with Crippen molar-refractivity contribution in [2.45, 2.75) is 23.7 Å². The highest BCUT2D eigenvalue weighted by Gasteiger charge is 2.33. The summed E-state index contributed by atoms with van der Waals surface area (Å²) < 4.78 is 37.4. The molecule has 4 rings (SSSR count). The first-order valence-corrected chi connectivity index (χ1v) is 11.9. The normalized spacial score (nSPS) is 15.9. The topological polar surface area (TPSA) is 103 Å². The predicted molar refractivity (Wildman–Crippen MR) is 110 cm³/mol. The molecule has 0 bridgehead atoms. The monoisotopic (exact) mass is 467 g/mol. The smallest absolute Gasteiger partial charge is 0.309 e. The van der Waals surface area contributed by atoms with E-state index in [2.05, 4.69) is 10.1 Å². The minimum atomic E-state index is -3.49. The lowest BCUT2D eigenvalue weighted by Gasteiger charge is -2.29. The Hall–Kier alpha value is -2.27. The third-order valence-electron chi connectivity index (χ3n) is 4.79. The fraction of sp³-hybridized carbons (Fsp3) is 0.316. The van der Waals surface area contributed by atoms with Crippen molar-refractivity contribution in [2.75, 3.05) is 13.1 Å². The Kier molecular flexibility index (Phi) is 6.19. The van der Waals surface area contributed by atoms with Gasteiger partial charge in [0, 0.05) is 13.1 Å². The maximum absolute atomic E-state index is 12.6. The second-order valence-electron chi connectivity index (χ2n) is 6.71. The molecule has 0 atom stereocenters. The SMILES string of the molecule is O=C(OCc1noc(-c2ccccc2Cl)n1)C1CCN(S(=O)(=O)c2cccs2)CC1. The number of nitrogens with zero attached hydrogens (tertiary/aromatic N) is 3. The zero-order valence-electron chi connectivity index (χ0n) is 15.7. The maximum Gasteiger partial charge on any atom is 0.309 e. The zero-order valence-corrected chi connectivity index (χ0v) is 18.1. The molecule has 0 radical (unpaired) electrons. The highest BCUT2D eigenvalue weighted by molar-refractivity contribution is 7.91. The standard InChI is InChI=1S/C19H18ClN3O5S2/c20-15-5-2-1-4-14(15)18-21-16(22-28-18)12-27-19(24)13-7-9-23(10-8-13)30(25,26)17-6-3-11-29-17/h1-6,11,13H,7-10,12H2. The van der Waals surface area contributed by atoms with Gasteiger partial charge in [0.1, 0.15) is 4.21 Å². The Morgan fingerprint density at radius 3 is 2.70 bits per heavy atom. The minimum Gasteiger partial charge on any atom is -0.457 e. The van der Waals surface area contributed by atoms with Crippen molar-refractivity contribution in [3.05, 3.63) is 52.6 Å². The van der Waals surface area contributed by atoms with Crippen LogP contribution >= 0.6 is 22.9 Å². The molecule has 1 aromatic carbocycles. The number of hydrogen-bond donors (Lipinski definition) is 0. The minimum absolute atomic E-state index is 0.125. The van der Waals surface area contributed by atoms with Gasteiger partial charge in [-0.3, -0.25) is 4.79 Å². The molecule has 11 heteroatoms. The average Bonchev–Trinajstić information content (AvgIpc) is 3.45. The molecule has 8 nitrogen and oxygen atoms in total. The fourth-order valence-corrected chi connectivity index (χ4v) is 6.01. The van der Waals surface area contributed by atoms with Crippen LogP contribution in [0.2, 0.25) is 5.02 Å². The zero-order chi connectivity index (χ0) is 21.1. The highest BCUT2D eigenvalue weighted by Crippen LogP contribution is 2.28. The molecule has 1 fully saturated rings. The first-order valence-electron chi connectivity index (χ1n) is 9.23. The molecule has 0 unspecified atom stereocenters. The summed E-state index contributed by atoms with van der Waals surface area (Å²) in [6.45, 7) is 0.429. The van der Waals surface area contributed by atoms with Gasteiger partial charge in [-0.05, 0) is 36.4 Å². The van der Waals surface area contributed by atoms with E-state index in [-0.39, 0.29) is 37.3 Å². The van der Waals surface area contributed by atoms with Crippen LogP contribution in [0.25, 0.3) is 11.5 Å². The van der Waals surface area contributed by atoms with E-state index < -0.39 is 16.0 Å². The molecule has 0 N–H and O–H groups in total. The Labute approximate surface area is 182 Å². The van der Waals surface area contributed by atoms with Crippen molar-refractivity contribution < 1.29 is 22.5 Å². The third-order valence-corrected chi connectivity index (χ3v) is 8.39. The van der Waals surface area contributed by atoms with Crippen molar-refractivity contribution in [3.8, 4) is 11.5 Å². The number of rotatable bonds is 6. The number of esters is 1. The van der Waals surface area contributed by atoms with Crippen LogP contribution in [0.5, 0.6) is 0 Å². The molecule has 0 spiro atoms. The molecule has 0 saturated carbocycles. The van der Waals surface area contributed by atoms with Crippen LogP contribution < -0.4 is 0 Å². The van der Waals surface area contributed by atoms with Crippen LogP contribution in [0.15, 0.2) is 50.5 Å². The first kappa shape index (κ1) is 21.0. The van der Waals surface area contributed by atoms with Crippen molar-refractivity contribution >= 4 is 38.9 Å². The molecule has 0 amide bonds. The van der Waals surface area contributed by atoms with Gasteiger partial charge in [0.25, 0.3) is 15.9 Å². The van der Waals surface area contributed by atoms with E-state index in [1.54, 1.807) is 41.8 Å². The van der Waals surface area contributed by atoms with Crippen LogP contribution in [-0.2, 0) is 26.2 Å². The van der Waals surface area contributed by atoms with Gasteiger partial charge in [-0.2, -0.15) is 9.29 Å². The van der Waals surface area contributed by atoms with Gasteiger partial charge < -0.3 is 9.26 Å². The van der Waals surface area contributed by atoms with Crippen molar-refractivity contribution in [2.24, 2.45) is 5.92 Å². The third kappa shape index (κ3) is 4.41. The number of halogens is 1. The van der Waals surface area contributed by atoms with Gasteiger partial charge in [-0.15, -0.1) is 11.3 Å². The summed E-state index contributed by atoms with van der Waals surface area (Å²) in [7, 11) is -3.49. The number of sulfonamides is 1. The van der Waals surface area contributed by atoms with Crippen LogP contribution in [-0.4, -0.2) is 41.9 Å². The molecule has 3 aromatic rings. The largest absolute Gasteiger partial charge is 0.457 e. The molecule has 1 saturated heterocycles. The van der Waals surface area contributed by atoms with E-state index in [4.69, 9.17) is 20.9 Å². The molecule has 3 heterocycles. The van der Waals surface area contributed by atoms with Crippen LogP contribution in [0.1, 0.15) is 18.7 Å². The number of ether oxygens (including phenoxy) is 1. The Morgan fingerprint density at radius 2 is 2.00 bits per heavy atom. The van der Waals surface area contributed by atoms with Crippen molar-refractivity contribution in [3.63, 3.8) is 0 Å². The summed E-state index contributed by atoms with van der Waals surface area (Å²) >= 11 is 7.30. The lowest BCUT2D eigenvalue weighted by molar-refractivity contribution is -0.151. The summed E-state index contributed by atoms with van der Waals surface area (Å²) in [5.74, 6) is -0.281. The van der Waals surface area contributed by atoms with Crippen molar-refractivity contribution in [1.29, 1.82) is 0 Å². The molecular weight excluding hydrogens is 450 g/mol. The lowest BCUT2D eigenvalue weighted by atomic mass is 9.98. The number of carbonyl (C=O) groups excluding carboxylic acids is 1. The molecule has 1 aliphatic rings. The van der Waals surface area contributed by atoms with E-state index in [0.717, 1.165) is 0 Å². The highest BCUT2D eigenvalue weighted by atomic mass is 35.5. The fourth-order valence-electron chi connectivity index (χ4n) is 3.18. The summed E-state index contributed by atoms with van der Waals surface area (Å²) in [6.07, 6.45) is 0.807. The predicted octanol–water partition coefficient (Wildman–Crippen LogP) is 3.60. The van der Waals surface area contributed by atoms with Gasteiger partial charge in [0.15, 0.2) is 6.61 Å². The summed E-state index contributed by atoms with van der Waals surface area (Å²) in [5, 5.41) is 6.02. The van der Waals surface area contributed by atoms with E-state index in [1.165, 1.54) is 15.6 Å². The van der Waals surface area contributed by atoms with Crippen LogP contribution in [0.4, 0.5) is 0 Å². The van der Waals surface area contributed by atoms with E-state index in [1.807, 2.05) is 0 Å². The molecule has 0 aliphatic carbocycles. The van der Waals surface area contributed by atoms with E-state index in [0.29, 0.717) is 27.6 Å². The molecular formula is C19H18ClN3O5S2. The number of hydrogen-bond acceptors (Lipinski definition) is 8. The van der Waals surface area contributed by atoms with Gasteiger partial charge in [0.2, 0.25) is 5.82 Å². The molecule has 158 valence electrons. The van der Waals surface area contributed by atoms with Gasteiger partial charge in [0.05, 0.1) is 16.5 Å². The number of thiophene rings is 1. The van der Waals surface area contributed by atoms with Crippen molar-refractivity contribution in [1.82, 2.24) is 14.4 Å². The average molecular weight is 468 g/mol. The quantitative estimate of drug-likeness (QED) is 0.510. The molecule has 2 aromatic heterocycles. The first-order chi connectivity index (χ1) is 14.4. The number of carbonyl (C=O) groups is 1. The number of benzene rings is 1. The lowest BCUT2D eigenvalue weighted by Crippen LogP contribution is -2.40. The van der Waals surface area contributed by atoms with Crippen LogP contribution in [0, 0.1) is 5.92 Å². The second kappa shape index (κ2) is 8.84. The Balaban J connectivity index is 1.30. The van der Waals surface area contributed by atoms with Gasteiger partial charge in [-0.1, -0.05) is 35.0 Å². The van der Waals surface area contributed by atoms with Crippen LogP contribution in [0.3, 0.4) is 0 Å². The maximum atomic E-state index is 12.6. The second-order valence-corrected chi connectivity index (χ2v) is 10.2. The summed E-state index contributed by atoms with van der Waals surface area (Å²) in [4.78, 5) is 16.6. The van der Waals surface area contributed by atoms with Gasteiger partial charge >= 0.3 is 5.97 Å². The molecule has 1 aliphatic heterocycles. The summed E-state index contributed by atoms with van der Waals surface area (Å²) in [5.41, 5.74) is 0.601. The number of aromatic nitrogens is 2. The van der Waals surface area contributed by atoms with Gasteiger partial charge in [-0.25, -0.2) is 8.42 Å². The van der Waals surface area contributed by atoms with E-state index in [9.17, 15) is 13.2 Å². The summed E-state index contributed by atoms with van der Waals surface area (Å²) in [6, 6.07) is 10.4. The molecule has 30 heavy (non-hydrogen) atoms.